The first-order chi connectivity index (χ1) is 12.8. The van der Waals surface area contributed by atoms with Crippen molar-refractivity contribution in [3.63, 3.8) is 0 Å². The van der Waals surface area contributed by atoms with Crippen molar-refractivity contribution in [2.75, 3.05) is 18.0 Å². The van der Waals surface area contributed by atoms with Crippen LogP contribution in [-0.2, 0) is 16.0 Å². The summed E-state index contributed by atoms with van der Waals surface area (Å²) in [5.74, 6) is 0.576. The van der Waals surface area contributed by atoms with Gasteiger partial charge in [-0.05, 0) is 33.8 Å². The summed E-state index contributed by atoms with van der Waals surface area (Å²) < 4.78 is 0. The Bertz CT molecular complexity index is 802. The van der Waals surface area contributed by atoms with Gasteiger partial charge in [0.1, 0.15) is 5.82 Å². The monoisotopic (exact) mass is 369 g/mol. The van der Waals surface area contributed by atoms with Gasteiger partial charge >= 0.3 is 0 Å². The summed E-state index contributed by atoms with van der Waals surface area (Å²) in [4.78, 5) is 37.8. The topological polar surface area (TPSA) is 78.4 Å². The van der Waals surface area contributed by atoms with E-state index in [1.54, 1.807) is 6.20 Å². The predicted molar refractivity (Wildman–Crippen MR) is 105 cm³/mol. The van der Waals surface area contributed by atoms with Crippen LogP contribution >= 0.6 is 0 Å². The molecule has 3 rings (SSSR count). The van der Waals surface area contributed by atoms with Crippen LogP contribution in [0.4, 0.5) is 5.82 Å². The molecule has 2 amide bonds. The molecule has 1 saturated heterocycles. The number of hydrogen-bond acceptors (Lipinski definition) is 5. The maximum absolute atomic E-state index is 12.5. The molecule has 7 nitrogen and oxygen atoms in total. The van der Waals surface area contributed by atoms with Gasteiger partial charge in [-0.15, -0.1) is 0 Å². The molecule has 0 saturated carbocycles. The third-order valence-electron chi connectivity index (χ3n) is 4.99. The van der Waals surface area contributed by atoms with E-state index < -0.39 is 0 Å². The van der Waals surface area contributed by atoms with Crippen LogP contribution in [0.15, 0.2) is 24.9 Å². The van der Waals surface area contributed by atoms with Gasteiger partial charge in [-0.3, -0.25) is 14.6 Å². The molecule has 1 aromatic heterocycles. The molecule has 7 heteroatoms. The highest BCUT2D eigenvalue weighted by molar-refractivity contribution is 6.20. The van der Waals surface area contributed by atoms with Crippen LogP contribution in [0.5, 0.6) is 0 Å². The highest BCUT2D eigenvalue weighted by Crippen LogP contribution is 2.28. The maximum Gasteiger partial charge on any atom is 0.253 e. The second kappa shape index (κ2) is 7.50. The van der Waals surface area contributed by atoms with E-state index in [0.717, 1.165) is 11.5 Å². The average molecular weight is 369 g/mol. The molecular weight excluding hydrogens is 342 g/mol. The first kappa shape index (κ1) is 19.1. The molecule has 2 heterocycles. The van der Waals surface area contributed by atoms with Gasteiger partial charge in [-0.1, -0.05) is 12.7 Å². The van der Waals surface area contributed by atoms with Crippen LogP contribution in [0.25, 0.3) is 5.57 Å². The van der Waals surface area contributed by atoms with E-state index in [1.165, 1.54) is 6.08 Å². The summed E-state index contributed by atoms with van der Waals surface area (Å²) in [7, 11) is 0. The first-order valence-electron chi connectivity index (χ1n) is 9.38. The van der Waals surface area contributed by atoms with E-state index in [2.05, 4.69) is 28.7 Å². The van der Waals surface area contributed by atoms with Crippen molar-refractivity contribution in [3.05, 3.63) is 36.3 Å². The predicted octanol–water partition coefficient (Wildman–Crippen LogP) is 1.55. The summed E-state index contributed by atoms with van der Waals surface area (Å²) in [6.45, 7) is 12.8. The molecule has 2 aliphatic rings. The Morgan fingerprint density at radius 2 is 2.04 bits per heavy atom. The van der Waals surface area contributed by atoms with Gasteiger partial charge in [0.2, 0.25) is 5.91 Å². The zero-order valence-corrected chi connectivity index (χ0v) is 16.4. The molecule has 0 aromatic carbocycles. The number of rotatable bonds is 4. The Kier molecular flexibility index (Phi) is 5.30. The van der Waals surface area contributed by atoms with E-state index in [0.29, 0.717) is 30.8 Å². The number of allylic oxidation sites excluding steroid dienone is 1. The van der Waals surface area contributed by atoms with Crippen LogP contribution in [-0.4, -0.2) is 57.9 Å². The molecule has 2 atom stereocenters. The van der Waals surface area contributed by atoms with Crippen LogP contribution in [0.1, 0.15) is 39.1 Å². The second-order valence-electron chi connectivity index (χ2n) is 7.52. The zero-order valence-electron chi connectivity index (χ0n) is 16.4. The summed E-state index contributed by atoms with van der Waals surface area (Å²) in [5, 5.41) is 2.92. The number of nitrogens with zero attached hydrogens (tertiary/aromatic N) is 4. The minimum Gasteiger partial charge on any atom is -0.350 e. The molecule has 0 spiro atoms. The summed E-state index contributed by atoms with van der Waals surface area (Å²) in [5.41, 5.74) is 2.08. The Labute approximate surface area is 160 Å². The standard InChI is InChI=1S/C20H27N5O2/c1-6-18(26)25-11-13(4)24(10-14(25)5)17-9-21-16-8-7-15(19(16)23-17)20(27)22-12(2)3/h6-7,9,12-14H,1,8,10-11H2,2-5H3,(H,22,27)/t13-,14-/m0/s1. The number of carbonyl (C=O) groups is 2. The Morgan fingerprint density at radius 1 is 1.30 bits per heavy atom. The largest absolute Gasteiger partial charge is 0.350 e. The van der Waals surface area contributed by atoms with E-state index in [9.17, 15) is 9.59 Å². The molecule has 144 valence electrons. The molecule has 0 unspecified atom stereocenters. The number of aromatic nitrogens is 2. The quantitative estimate of drug-likeness (QED) is 0.815. The van der Waals surface area contributed by atoms with Gasteiger partial charge in [0.25, 0.3) is 5.91 Å². The molecule has 0 bridgehead atoms. The van der Waals surface area contributed by atoms with Crippen LogP contribution in [0.3, 0.4) is 0 Å². The van der Waals surface area contributed by atoms with E-state index in [1.807, 2.05) is 31.7 Å². The van der Waals surface area contributed by atoms with Crippen molar-refractivity contribution in [1.29, 1.82) is 0 Å². The fourth-order valence-corrected chi connectivity index (χ4v) is 3.61. The number of carbonyl (C=O) groups excluding carboxylic acids is 2. The minimum absolute atomic E-state index is 0.0426. The lowest BCUT2D eigenvalue weighted by Crippen LogP contribution is -2.58. The van der Waals surface area contributed by atoms with Gasteiger partial charge in [0, 0.05) is 37.6 Å². The summed E-state index contributed by atoms with van der Waals surface area (Å²) >= 11 is 0. The van der Waals surface area contributed by atoms with E-state index >= 15 is 0 Å². The Balaban J connectivity index is 1.83. The number of piperazine rings is 1. The van der Waals surface area contributed by atoms with Crippen molar-refractivity contribution in [2.24, 2.45) is 0 Å². The molecule has 27 heavy (non-hydrogen) atoms. The molecule has 1 aliphatic carbocycles. The SMILES string of the molecule is C=CC(=O)N1C[C@H](C)N(c2cnc3c(n2)C(C(=O)NC(C)C)=CC3)C[C@@H]1C. The maximum atomic E-state index is 12.5. The number of anilines is 1. The summed E-state index contributed by atoms with van der Waals surface area (Å²) in [6.07, 6.45) is 5.64. The third-order valence-corrected chi connectivity index (χ3v) is 4.99. The normalized spacial score (nSPS) is 21.7. The molecule has 0 radical (unpaired) electrons. The number of amides is 2. The lowest BCUT2D eigenvalue weighted by atomic mass is 10.1. The summed E-state index contributed by atoms with van der Waals surface area (Å²) in [6, 6.07) is 0.201. The number of hydrogen-bond donors (Lipinski definition) is 1. The third kappa shape index (κ3) is 3.72. The van der Waals surface area contributed by atoms with Crippen LogP contribution in [0.2, 0.25) is 0 Å². The van der Waals surface area contributed by atoms with Gasteiger partial charge in [0.15, 0.2) is 0 Å². The highest BCUT2D eigenvalue weighted by Gasteiger charge is 2.33. The minimum atomic E-state index is -0.113. The molecule has 1 fully saturated rings. The molecular formula is C20H27N5O2. The van der Waals surface area contributed by atoms with Crippen molar-refractivity contribution in [1.82, 2.24) is 20.2 Å². The van der Waals surface area contributed by atoms with Crippen molar-refractivity contribution in [2.45, 2.75) is 52.2 Å². The molecule has 1 N–H and O–H groups in total. The fourth-order valence-electron chi connectivity index (χ4n) is 3.61. The van der Waals surface area contributed by atoms with Gasteiger partial charge < -0.3 is 15.1 Å². The van der Waals surface area contributed by atoms with Crippen molar-refractivity contribution in [3.8, 4) is 0 Å². The second-order valence-corrected chi connectivity index (χ2v) is 7.52. The van der Waals surface area contributed by atoms with Crippen molar-refractivity contribution < 1.29 is 9.59 Å². The van der Waals surface area contributed by atoms with Crippen LogP contribution in [0, 0.1) is 0 Å². The Morgan fingerprint density at radius 3 is 2.70 bits per heavy atom. The van der Waals surface area contributed by atoms with Crippen molar-refractivity contribution >= 4 is 23.2 Å². The average Bonchev–Trinajstić information content (AvgIpc) is 3.05. The Hall–Kier alpha value is -2.70. The first-order valence-corrected chi connectivity index (χ1v) is 9.38. The molecule has 1 aliphatic heterocycles. The van der Waals surface area contributed by atoms with Gasteiger partial charge in [-0.2, -0.15) is 0 Å². The lowest BCUT2D eigenvalue weighted by Gasteiger charge is -2.44. The molecule has 1 aromatic rings. The fraction of sp³-hybridized carbons (Fsp3) is 0.500. The smallest absolute Gasteiger partial charge is 0.253 e. The highest BCUT2D eigenvalue weighted by atomic mass is 16.2. The lowest BCUT2D eigenvalue weighted by molar-refractivity contribution is -0.128. The number of fused-ring (bicyclic) bond motifs is 1. The van der Waals surface area contributed by atoms with Crippen LogP contribution < -0.4 is 10.2 Å². The van der Waals surface area contributed by atoms with Gasteiger partial charge in [-0.25, -0.2) is 4.98 Å². The van der Waals surface area contributed by atoms with E-state index in [-0.39, 0.29) is 29.9 Å². The van der Waals surface area contributed by atoms with E-state index in [4.69, 9.17) is 4.98 Å². The number of nitrogens with one attached hydrogen (secondary N) is 1. The van der Waals surface area contributed by atoms with Gasteiger partial charge in [0.05, 0.1) is 23.2 Å². The zero-order chi connectivity index (χ0) is 19.7.